The summed E-state index contributed by atoms with van der Waals surface area (Å²) in [4.78, 5) is 27.2. The molecule has 0 radical (unpaired) electrons. The van der Waals surface area contributed by atoms with Crippen LogP contribution in [-0.4, -0.2) is 38.2 Å². The normalized spacial score (nSPS) is 16.2. The Labute approximate surface area is 187 Å². The number of thiophene rings is 1. The summed E-state index contributed by atoms with van der Waals surface area (Å²) in [6.07, 6.45) is 0.643. The molecule has 2 aromatic rings. The summed E-state index contributed by atoms with van der Waals surface area (Å²) in [5.74, 6) is -0.0720. The number of carbonyl (C=O) groups is 2. The van der Waals surface area contributed by atoms with Crippen LogP contribution in [0.1, 0.15) is 65.8 Å². The van der Waals surface area contributed by atoms with Gasteiger partial charge in [-0.15, -0.1) is 11.3 Å². The lowest BCUT2D eigenvalue weighted by Crippen LogP contribution is -2.55. The fourth-order valence-corrected chi connectivity index (χ4v) is 5.54. The lowest BCUT2D eigenvalue weighted by molar-refractivity contribution is 0.0525. The average Bonchev–Trinajstić information content (AvgIpc) is 3.04. The predicted molar refractivity (Wildman–Crippen MR) is 122 cm³/mol. The molecule has 1 aromatic heterocycles. The monoisotopic (exact) mass is 446 g/mol. The third-order valence-electron chi connectivity index (χ3n) is 5.21. The van der Waals surface area contributed by atoms with Crippen molar-refractivity contribution in [3.63, 3.8) is 0 Å². The van der Waals surface area contributed by atoms with Crippen molar-refractivity contribution >= 4 is 28.2 Å². The van der Waals surface area contributed by atoms with E-state index in [0.717, 1.165) is 10.4 Å². The van der Waals surface area contributed by atoms with E-state index in [2.05, 4.69) is 38.3 Å². The van der Waals surface area contributed by atoms with Gasteiger partial charge < -0.3 is 24.8 Å². The molecular weight excluding hydrogens is 416 g/mol. The largest absolute Gasteiger partial charge is 0.496 e. The molecule has 0 aliphatic carbocycles. The number of anilines is 1. The van der Waals surface area contributed by atoms with Gasteiger partial charge in [0, 0.05) is 16.0 Å². The molecule has 0 fully saturated rings. The molecule has 2 heterocycles. The number of fused-ring (bicyclic) bond motifs is 1. The molecule has 168 valence electrons. The summed E-state index contributed by atoms with van der Waals surface area (Å²) >= 11 is 1.40. The Morgan fingerprint density at radius 2 is 1.71 bits per heavy atom. The number of ether oxygens (including phenoxy) is 3. The van der Waals surface area contributed by atoms with Crippen molar-refractivity contribution in [3.8, 4) is 11.5 Å². The maximum Gasteiger partial charge on any atom is 0.341 e. The number of amides is 1. The summed E-state index contributed by atoms with van der Waals surface area (Å²) in [5, 5.41) is 7.02. The van der Waals surface area contributed by atoms with Gasteiger partial charge in [-0.1, -0.05) is 6.07 Å². The average molecular weight is 447 g/mol. The van der Waals surface area contributed by atoms with Gasteiger partial charge >= 0.3 is 5.97 Å². The first-order chi connectivity index (χ1) is 14.5. The predicted octanol–water partition coefficient (Wildman–Crippen LogP) is 4.35. The maximum absolute atomic E-state index is 13.3. The quantitative estimate of drug-likeness (QED) is 0.642. The summed E-state index contributed by atoms with van der Waals surface area (Å²) < 4.78 is 16.1. The standard InChI is InChI=1S/C23H30N2O5S/c1-8-30-21(27)16-13-12-22(2,3)25-23(4,5)18(13)31-20(16)24-19(26)17-14(28-6)10-9-11-15(17)29-7/h9-11,25H,8,12H2,1-7H3,(H,24,26). The molecule has 0 saturated carbocycles. The molecule has 1 aliphatic heterocycles. The Morgan fingerprint density at radius 1 is 1.10 bits per heavy atom. The van der Waals surface area contributed by atoms with Crippen molar-refractivity contribution in [1.29, 1.82) is 0 Å². The fourth-order valence-electron chi connectivity index (χ4n) is 4.28. The van der Waals surface area contributed by atoms with E-state index in [1.165, 1.54) is 25.6 Å². The number of hydrogen-bond donors (Lipinski definition) is 2. The molecule has 0 unspecified atom stereocenters. The van der Waals surface area contributed by atoms with E-state index < -0.39 is 11.9 Å². The number of nitrogens with one attached hydrogen (secondary N) is 2. The zero-order valence-electron chi connectivity index (χ0n) is 19.1. The van der Waals surface area contributed by atoms with Crippen molar-refractivity contribution in [2.24, 2.45) is 0 Å². The molecule has 8 heteroatoms. The van der Waals surface area contributed by atoms with Crippen molar-refractivity contribution in [1.82, 2.24) is 5.32 Å². The van der Waals surface area contributed by atoms with Crippen molar-refractivity contribution in [2.45, 2.75) is 52.1 Å². The van der Waals surface area contributed by atoms with E-state index in [1.54, 1.807) is 25.1 Å². The van der Waals surface area contributed by atoms with Crippen molar-refractivity contribution < 1.29 is 23.8 Å². The minimum atomic E-state index is -0.434. The topological polar surface area (TPSA) is 85.9 Å². The van der Waals surface area contributed by atoms with Crippen LogP contribution in [0.2, 0.25) is 0 Å². The van der Waals surface area contributed by atoms with Gasteiger partial charge in [0.15, 0.2) is 0 Å². The van der Waals surface area contributed by atoms with Gasteiger partial charge in [-0.05, 0) is 58.7 Å². The van der Waals surface area contributed by atoms with E-state index in [1.807, 2.05) is 0 Å². The molecule has 1 aromatic carbocycles. The number of benzene rings is 1. The second-order valence-corrected chi connectivity index (χ2v) is 9.66. The molecule has 2 N–H and O–H groups in total. The third kappa shape index (κ3) is 4.41. The lowest BCUT2D eigenvalue weighted by Gasteiger charge is -2.42. The minimum absolute atomic E-state index is 0.216. The van der Waals surface area contributed by atoms with Crippen LogP contribution < -0.4 is 20.1 Å². The Balaban J connectivity index is 2.12. The lowest BCUT2D eigenvalue weighted by atomic mass is 9.81. The number of esters is 1. The molecule has 1 aliphatic rings. The highest BCUT2D eigenvalue weighted by Gasteiger charge is 2.42. The Hall–Kier alpha value is -2.58. The zero-order chi connectivity index (χ0) is 23.0. The van der Waals surface area contributed by atoms with E-state index >= 15 is 0 Å². The molecule has 7 nitrogen and oxygen atoms in total. The van der Waals surface area contributed by atoms with Crippen LogP contribution in [0.3, 0.4) is 0 Å². The van der Waals surface area contributed by atoms with Gasteiger partial charge in [0.1, 0.15) is 22.1 Å². The number of carbonyl (C=O) groups excluding carboxylic acids is 2. The summed E-state index contributed by atoms with van der Waals surface area (Å²) in [5.41, 5.74) is 1.03. The summed E-state index contributed by atoms with van der Waals surface area (Å²) in [6, 6.07) is 5.13. The van der Waals surface area contributed by atoms with Crippen molar-refractivity contribution in [2.75, 3.05) is 26.1 Å². The van der Waals surface area contributed by atoms with Crippen LogP contribution in [-0.2, 0) is 16.7 Å². The smallest absolute Gasteiger partial charge is 0.341 e. The minimum Gasteiger partial charge on any atom is -0.496 e. The van der Waals surface area contributed by atoms with Crippen molar-refractivity contribution in [3.05, 3.63) is 39.8 Å². The Bertz CT molecular complexity index is 987. The molecule has 0 saturated heterocycles. The number of hydrogen-bond acceptors (Lipinski definition) is 7. The molecular formula is C23H30N2O5S. The van der Waals surface area contributed by atoms with Gasteiger partial charge in [-0.3, -0.25) is 4.79 Å². The molecule has 0 atom stereocenters. The van der Waals surface area contributed by atoms with Gasteiger partial charge in [-0.2, -0.15) is 0 Å². The summed E-state index contributed by atoms with van der Waals surface area (Å²) in [6.45, 7) is 10.4. The van der Waals surface area contributed by atoms with Crippen LogP contribution in [0.5, 0.6) is 11.5 Å². The highest BCUT2D eigenvalue weighted by atomic mass is 32.1. The SMILES string of the molecule is CCOC(=O)c1c(NC(=O)c2c(OC)cccc2OC)sc2c1CC(C)(C)NC2(C)C. The Morgan fingerprint density at radius 3 is 2.26 bits per heavy atom. The molecule has 31 heavy (non-hydrogen) atoms. The Kier molecular flexibility index (Phi) is 6.34. The highest BCUT2D eigenvalue weighted by molar-refractivity contribution is 7.17. The zero-order valence-corrected chi connectivity index (χ0v) is 19.9. The fraction of sp³-hybridized carbons (Fsp3) is 0.478. The first kappa shape index (κ1) is 23.1. The second kappa shape index (κ2) is 8.51. The van der Waals surface area contributed by atoms with Crippen LogP contribution in [0.15, 0.2) is 18.2 Å². The molecule has 3 rings (SSSR count). The van der Waals surface area contributed by atoms with Gasteiger partial charge in [-0.25, -0.2) is 4.79 Å². The number of methoxy groups -OCH3 is 2. The van der Waals surface area contributed by atoms with Crippen LogP contribution >= 0.6 is 11.3 Å². The van der Waals surface area contributed by atoms with E-state index in [0.29, 0.717) is 28.5 Å². The van der Waals surface area contributed by atoms with Gasteiger partial charge in [0.25, 0.3) is 5.91 Å². The first-order valence-electron chi connectivity index (χ1n) is 10.2. The van der Waals surface area contributed by atoms with Crippen LogP contribution in [0.4, 0.5) is 5.00 Å². The van der Waals surface area contributed by atoms with E-state index in [-0.39, 0.29) is 23.2 Å². The molecule has 0 bridgehead atoms. The van der Waals surface area contributed by atoms with E-state index in [9.17, 15) is 9.59 Å². The summed E-state index contributed by atoms with van der Waals surface area (Å²) in [7, 11) is 2.99. The third-order valence-corrected chi connectivity index (χ3v) is 6.68. The highest BCUT2D eigenvalue weighted by Crippen LogP contribution is 2.45. The molecule has 0 spiro atoms. The molecule has 1 amide bonds. The maximum atomic E-state index is 13.3. The number of rotatable bonds is 6. The second-order valence-electron chi connectivity index (χ2n) is 8.64. The van der Waals surface area contributed by atoms with Crippen LogP contribution in [0.25, 0.3) is 0 Å². The van der Waals surface area contributed by atoms with E-state index in [4.69, 9.17) is 14.2 Å². The van der Waals surface area contributed by atoms with Gasteiger partial charge in [0.2, 0.25) is 0 Å². The first-order valence-corrected chi connectivity index (χ1v) is 11.0. The van der Waals surface area contributed by atoms with Gasteiger partial charge in [0.05, 0.1) is 26.4 Å². The van der Waals surface area contributed by atoms with Crippen LogP contribution in [0, 0.1) is 0 Å².